The van der Waals surface area contributed by atoms with Crippen molar-refractivity contribution in [3.05, 3.63) is 0 Å². The van der Waals surface area contributed by atoms with E-state index in [1.165, 1.54) is 154 Å². The minimum absolute atomic E-state index is 0.00451. The van der Waals surface area contributed by atoms with Crippen molar-refractivity contribution < 1.29 is 33.3 Å². The van der Waals surface area contributed by atoms with Gasteiger partial charge in [-0.15, -0.1) is 0 Å². The van der Waals surface area contributed by atoms with Gasteiger partial charge in [-0.2, -0.15) is 0 Å². The van der Waals surface area contributed by atoms with Crippen molar-refractivity contribution in [2.75, 3.05) is 39.5 Å². The van der Waals surface area contributed by atoms with Gasteiger partial charge in [-0.3, -0.25) is 14.4 Å². The van der Waals surface area contributed by atoms with Crippen molar-refractivity contribution in [2.45, 2.75) is 306 Å². The first-order valence-corrected chi connectivity index (χ1v) is 28.5. The largest absolute Gasteiger partial charge is 0.468 e. The van der Waals surface area contributed by atoms with Gasteiger partial charge in [-0.25, -0.2) is 0 Å². The SMILES string of the molecule is CC.CC(C)C.CCCCCCCCC(CCCCCCCC)OC(=O)CCCCCCCOC=O.CCCCCCCCCCCOC(=O)CCCCCN1CCC(OCCCC)C1. The highest BCUT2D eigenvalue weighted by atomic mass is 16.5. The zero-order chi connectivity index (χ0) is 48.7. The zero-order valence-electron chi connectivity index (χ0n) is 45.3. The van der Waals surface area contributed by atoms with Crippen LogP contribution in [0.1, 0.15) is 293 Å². The van der Waals surface area contributed by atoms with Crippen LogP contribution in [0.4, 0.5) is 0 Å². The second-order valence-corrected chi connectivity index (χ2v) is 19.2. The molecule has 1 atom stereocenters. The van der Waals surface area contributed by atoms with Crippen LogP contribution in [0.15, 0.2) is 0 Å². The fourth-order valence-electron chi connectivity index (χ4n) is 7.83. The molecule has 390 valence electrons. The molecule has 0 aliphatic carbocycles. The maximum Gasteiger partial charge on any atom is 0.306 e. The van der Waals surface area contributed by atoms with Crippen molar-refractivity contribution in [2.24, 2.45) is 5.92 Å². The first kappa shape index (κ1) is 67.6. The van der Waals surface area contributed by atoms with E-state index in [9.17, 15) is 14.4 Å². The van der Waals surface area contributed by atoms with Crippen LogP contribution in [0.25, 0.3) is 0 Å². The van der Waals surface area contributed by atoms with E-state index in [0.717, 1.165) is 96.4 Å². The third-order valence-corrected chi connectivity index (χ3v) is 11.7. The Hall–Kier alpha value is -1.67. The first-order chi connectivity index (χ1) is 31.7. The molecule has 1 saturated heterocycles. The molecule has 1 heterocycles. The highest BCUT2D eigenvalue weighted by molar-refractivity contribution is 5.69. The topological polar surface area (TPSA) is 91.4 Å². The van der Waals surface area contributed by atoms with Gasteiger partial charge in [0.25, 0.3) is 6.47 Å². The number of unbranched alkanes of at least 4 members (excludes halogenated alkanes) is 25. The summed E-state index contributed by atoms with van der Waals surface area (Å²) in [7, 11) is 0. The Labute approximate surface area is 406 Å². The Morgan fingerprint density at radius 1 is 0.523 bits per heavy atom. The van der Waals surface area contributed by atoms with Crippen LogP contribution in [0.5, 0.6) is 0 Å². The normalized spacial score (nSPS) is 13.4. The van der Waals surface area contributed by atoms with Crippen LogP contribution in [-0.4, -0.2) is 75.0 Å². The van der Waals surface area contributed by atoms with Gasteiger partial charge in [0.15, 0.2) is 0 Å². The van der Waals surface area contributed by atoms with Gasteiger partial charge in [0, 0.05) is 32.5 Å². The molecule has 0 aromatic heterocycles. The third kappa shape index (κ3) is 58.4. The summed E-state index contributed by atoms with van der Waals surface area (Å²) >= 11 is 0. The molecule has 0 N–H and O–H groups in total. The van der Waals surface area contributed by atoms with Crippen molar-refractivity contribution in [1.82, 2.24) is 4.90 Å². The Kier molecular flexibility index (Phi) is 60.8. The Morgan fingerprint density at radius 3 is 1.43 bits per heavy atom. The molecule has 0 aromatic rings. The van der Waals surface area contributed by atoms with E-state index in [0.29, 0.717) is 38.6 Å². The molecule has 1 fully saturated rings. The van der Waals surface area contributed by atoms with Crippen LogP contribution in [0, 0.1) is 5.92 Å². The minimum Gasteiger partial charge on any atom is -0.468 e. The molecule has 0 spiro atoms. The van der Waals surface area contributed by atoms with E-state index >= 15 is 0 Å². The van der Waals surface area contributed by atoms with E-state index < -0.39 is 0 Å². The Morgan fingerprint density at radius 2 is 0.938 bits per heavy atom. The summed E-state index contributed by atoms with van der Waals surface area (Å²) in [5, 5.41) is 0. The average molecular weight is 927 g/mol. The second kappa shape index (κ2) is 58.5. The summed E-state index contributed by atoms with van der Waals surface area (Å²) in [5.74, 6) is 0.816. The number of esters is 2. The van der Waals surface area contributed by atoms with Crippen LogP contribution >= 0.6 is 0 Å². The summed E-state index contributed by atoms with van der Waals surface area (Å²) in [6, 6.07) is 0. The Balaban J connectivity index is -0.00000105. The number of rotatable bonds is 44. The molecule has 1 unspecified atom stereocenters. The summed E-state index contributed by atoms with van der Waals surface area (Å²) in [5.41, 5.74) is 0. The lowest BCUT2D eigenvalue weighted by molar-refractivity contribution is -0.150. The fourth-order valence-corrected chi connectivity index (χ4v) is 7.83. The second-order valence-electron chi connectivity index (χ2n) is 19.2. The first-order valence-electron chi connectivity index (χ1n) is 28.5. The van der Waals surface area contributed by atoms with E-state index in [1.807, 2.05) is 13.8 Å². The zero-order valence-corrected chi connectivity index (χ0v) is 45.3. The lowest BCUT2D eigenvalue weighted by Crippen LogP contribution is -2.24. The molecule has 0 radical (unpaired) electrons. The predicted octanol–water partition coefficient (Wildman–Crippen LogP) is 17.1. The van der Waals surface area contributed by atoms with Gasteiger partial charge in [0.2, 0.25) is 0 Å². The quantitative estimate of drug-likeness (QED) is 0.0258. The standard InChI is InChI=1S/C26H50O4.C25H49NO3.C4H10.C2H6/c1-3-5-7-9-12-16-20-25(21-17-13-10-8-6-4-2)30-26(28)22-18-14-11-15-19-23-29-24-27;1-3-5-7-8-9-10-11-12-16-22-29-25(27)17-14-13-15-19-26-20-18-24(23-26)28-21-6-4-2;1-4(2)3;1-2/h24-25H,3-23H2,1-2H3;24H,3-23H2,1-2H3;4H,1-3H3;1-2H3. The van der Waals surface area contributed by atoms with Gasteiger partial charge in [0.1, 0.15) is 6.10 Å². The molecule has 0 bridgehead atoms. The molecule has 8 heteroatoms. The number of carbonyl (C=O) groups is 3. The number of hydrogen-bond acceptors (Lipinski definition) is 8. The highest BCUT2D eigenvalue weighted by Crippen LogP contribution is 2.19. The lowest BCUT2D eigenvalue weighted by Gasteiger charge is -2.18. The third-order valence-electron chi connectivity index (χ3n) is 11.7. The monoisotopic (exact) mass is 926 g/mol. The molecule has 8 nitrogen and oxygen atoms in total. The van der Waals surface area contributed by atoms with Crippen molar-refractivity contribution in [1.29, 1.82) is 0 Å². The number of likely N-dealkylation sites (tertiary alicyclic amines) is 1. The molecule has 1 rings (SSSR count). The molecule has 65 heavy (non-hydrogen) atoms. The molecular formula is C57H115NO7. The Bertz CT molecular complexity index is 912. The van der Waals surface area contributed by atoms with E-state index in [4.69, 9.17) is 14.2 Å². The van der Waals surface area contributed by atoms with Crippen molar-refractivity contribution in [3.8, 4) is 0 Å². The smallest absolute Gasteiger partial charge is 0.306 e. The maximum absolute atomic E-state index is 12.3. The number of nitrogens with zero attached hydrogens (tertiary/aromatic N) is 1. The van der Waals surface area contributed by atoms with E-state index in [-0.39, 0.29) is 18.0 Å². The van der Waals surface area contributed by atoms with Gasteiger partial charge in [-0.05, 0) is 83.1 Å². The molecular weight excluding hydrogens is 811 g/mol. The number of carbonyl (C=O) groups excluding carboxylic acids is 3. The average Bonchev–Trinajstić information content (AvgIpc) is 3.75. The highest BCUT2D eigenvalue weighted by Gasteiger charge is 2.22. The maximum atomic E-state index is 12.3. The summed E-state index contributed by atoms with van der Waals surface area (Å²) in [4.78, 5) is 36.7. The molecule has 0 aromatic carbocycles. The predicted molar refractivity (Wildman–Crippen MR) is 280 cm³/mol. The minimum atomic E-state index is -0.0127. The van der Waals surface area contributed by atoms with Crippen LogP contribution in [-0.2, 0) is 33.3 Å². The summed E-state index contributed by atoms with van der Waals surface area (Å²) in [6.07, 6.45) is 42.6. The number of hydrogen-bond donors (Lipinski definition) is 0. The van der Waals surface area contributed by atoms with Gasteiger partial charge >= 0.3 is 11.9 Å². The van der Waals surface area contributed by atoms with Crippen molar-refractivity contribution >= 4 is 18.4 Å². The summed E-state index contributed by atoms with van der Waals surface area (Å²) in [6.45, 7) is 25.4. The molecule has 0 saturated carbocycles. The fraction of sp³-hybridized carbons (Fsp3) is 0.947. The van der Waals surface area contributed by atoms with Gasteiger partial charge < -0.3 is 23.8 Å². The van der Waals surface area contributed by atoms with Crippen LogP contribution in [0.2, 0.25) is 0 Å². The van der Waals surface area contributed by atoms with Gasteiger partial charge in [-0.1, -0.05) is 210 Å². The van der Waals surface area contributed by atoms with E-state index in [2.05, 4.69) is 58.1 Å². The van der Waals surface area contributed by atoms with Crippen LogP contribution < -0.4 is 0 Å². The van der Waals surface area contributed by atoms with Crippen molar-refractivity contribution in [3.63, 3.8) is 0 Å². The lowest BCUT2D eigenvalue weighted by atomic mass is 10.0. The number of ether oxygens (including phenoxy) is 4. The molecule has 0 amide bonds. The molecule has 1 aliphatic rings. The molecule has 1 aliphatic heterocycles. The van der Waals surface area contributed by atoms with Gasteiger partial charge in [0.05, 0.1) is 19.3 Å². The van der Waals surface area contributed by atoms with E-state index in [1.54, 1.807) is 0 Å². The van der Waals surface area contributed by atoms with Crippen LogP contribution in [0.3, 0.4) is 0 Å². The summed E-state index contributed by atoms with van der Waals surface area (Å²) < 4.78 is 21.8.